The fourth-order valence-electron chi connectivity index (χ4n) is 2.76. The molecular weight excluding hydrogens is 353 g/mol. The molecule has 0 radical (unpaired) electrons. The summed E-state index contributed by atoms with van der Waals surface area (Å²) in [6, 6.07) is 18.0. The first-order valence-electron chi connectivity index (χ1n) is 8.37. The zero-order valence-electron chi connectivity index (χ0n) is 14.0. The van der Waals surface area contributed by atoms with Gasteiger partial charge in [-0.1, -0.05) is 71.7 Å². The number of hydrogen-bond donors (Lipinski definition) is 0. The fourth-order valence-corrected chi connectivity index (χ4v) is 3.13. The number of nitrogens with zero attached hydrogens (tertiary/aromatic N) is 3. The lowest BCUT2D eigenvalue weighted by Crippen LogP contribution is -2.43. The molecule has 2 aromatic carbocycles. The highest BCUT2D eigenvalue weighted by atomic mass is 35.5. The summed E-state index contributed by atoms with van der Waals surface area (Å²) >= 11 is 12.5. The lowest BCUT2D eigenvalue weighted by Gasteiger charge is -2.33. The van der Waals surface area contributed by atoms with E-state index >= 15 is 0 Å². The molecule has 1 aliphatic heterocycles. The summed E-state index contributed by atoms with van der Waals surface area (Å²) in [6.07, 6.45) is 3.64. The minimum Gasteiger partial charge on any atom is -0.295 e. The normalized spacial score (nSPS) is 16.6. The number of piperazine rings is 1. The zero-order chi connectivity index (χ0) is 17.5. The van der Waals surface area contributed by atoms with E-state index < -0.39 is 0 Å². The van der Waals surface area contributed by atoms with Crippen LogP contribution in [-0.2, 0) is 6.54 Å². The van der Waals surface area contributed by atoms with Crippen molar-refractivity contribution in [1.82, 2.24) is 9.91 Å². The average Bonchev–Trinajstić information content (AvgIpc) is 2.64. The van der Waals surface area contributed by atoms with Crippen LogP contribution in [0.5, 0.6) is 0 Å². The van der Waals surface area contributed by atoms with Crippen molar-refractivity contribution in [3.8, 4) is 0 Å². The van der Waals surface area contributed by atoms with Gasteiger partial charge in [-0.15, -0.1) is 0 Å². The second-order valence-corrected chi connectivity index (χ2v) is 6.85. The van der Waals surface area contributed by atoms with Gasteiger partial charge in [0.15, 0.2) is 0 Å². The van der Waals surface area contributed by atoms with Crippen LogP contribution in [0, 0.1) is 0 Å². The van der Waals surface area contributed by atoms with E-state index in [1.54, 1.807) is 6.21 Å². The Bertz CT molecular complexity index is 736. The van der Waals surface area contributed by atoms with Crippen LogP contribution in [0.3, 0.4) is 0 Å². The van der Waals surface area contributed by atoms with Gasteiger partial charge in [-0.25, -0.2) is 0 Å². The number of hydrogen-bond acceptors (Lipinski definition) is 3. The van der Waals surface area contributed by atoms with E-state index in [0.29, 0.717) is 5.03 Å². The Morgan fingerprint density at radius 1 is 0.960 bits per heavy atom. The van der Waals surface area contributed by atoms with E-state index in [-0.39, 0.29) is 0 Å². The summed E-state index contributed by atoms with van der Waals surface area (Å²) < 4.78 is 0. The number of rotatable bonds is 5. The molecule has 0 N–H and O–H groups in total. The lowest BCUT2D eigenvalue weighted by molar-refractivity contribution is 0.131. The predicted octanol–water partition coefficient (Wildman–Crippen LogP) is 4.72. The van der Waals surface area contributed by atoms with E-state index in [1.807, 2.05) is 54.6 Å². The summed E-state index contributed by atoms with van der Waals surface area (Å²) in [6.45, 7) is 4.57. The van der Waals surface area contributed by atoms with Gasteiger partial charge in [0.05, 0.1) is 11.2 Å². The Balaban J connectivity index is 1.49. The topological polar surface area (TPSA) is 18.8 Å². The van der Waals surface area contributed by atoms with Crippen LogP contribution >= 0.6 is 23.2 Å². The maximum Gasteiger partial charge on any atom is 0.0657 e. The summed E-state index contributed by atoms with van der Waals surface area (Å²) in [5, 5.41) is 8.02. The van der Waals surface area contributed by atoms with Crippen molar-refractivity contribution in [3.05, 3.63) is 75.8 Å². The monoisotopic (exact) mass is 373 g/mol. The number of allylic oxidation sites excluding steroid dienone is 1. The van der Waals surface area contributed by atoms with Gasteiger partial charge in [0.2, 0.25) is 0 Å². The maximum absolute atomic E-state index is 6.25. The molecule has 0 atom stereocenters. The molecule has 0 bridgehead atoms. The lowest BCUT2D eigenvalue weighted by atomic mass is 10.2. The molecule has 1 fully saturated rings. The van der Waals surface area contributed by atoms with Crippen molar-refractivity contribution in [2.45, 2.75) is 6.54 Å². The predicted molar refractivity (Wildman–Crippen MR) is 107 cm³/mol. The summed E-state index contributed by atoms with van der Waals surface area (Å²) in [4.78, 5) is 2.40. The van der Waals surface area contributed by atoms with E-state index in [2.05, 4.69) is 21.1 Å². The molecule has 3 rings (SSSR count). The molecule has 0 unspecified atom stereocenters. The van der Waals surface area contributed by atoms with Crippen LogP contribution in [0.4, 0.5) is 0 Å². The van der Waals surface area contributed by atoms with Crippen LogP contribution in [0.15, 0.2) is 64.7 Å². The third kappa shape index (κ3) is 5.60. The average molecular weight is 374 g/mol. The van der Waals surface area contributed by atoms with Gasteiger partial charge >= 0.3 is 0 Å². The highest BCUT2D eigenvalue weighted by molar-refractivity contribution is 6.41. The summed E-state index contributed by atoms with van der Waals surface area (Å²) in [7, 11) is 0. The molecule has 3 nitrogen and oxygen atoms in total. The molecule has 0 spiro atoms. The van der Waals surface area contributed by atoms with Crippen LogP contribution in [0.2, 0.25) is 5.02 Å². The van der Waals surface area contributed by atoms with E-state index in [9.17, 15) is 0 Å². The van der Waals surface area contributed by atoms with Crippen molar-refractivity contribution < 1.29 is 0 Å². The molecule has 0 amide bonds. The molecule has 130 valence electrons. The second kappa shape index (κ2) is 9.04. The zero-order valence-corrected chi connectivity index (χ0v) is 15.5. The molecule has 1 heterocycles. The SMILES string of the molecule is ClC(/C=N/N1CCN(Cc2ccccc2Cl)CC1)=C/c1ccccc1. The number of halogens is 2. The largest absolute Gasteiger partial charge is 0.295 e. The van der Waals surface area contributed by atoms with Crippen LogP contribution < -0.4 is 0 Å². The maximum atomic E-state index is 6.25. The van der Waals surface area contributed by atoms with E-state index in [4.69, 9.17) is 23.2 Å². The first-order valence-corrected chi connectivity index (χ1v) is 9.13. The Hall–Kier alpha value is -1.81. The van der Waals surface area contributed by atoms with Crippen LogP contribution in [0.25, 0.3) is 6.08 Å². The van der Waals surface area contributed by atoms with Gasteiger partial charge in [0.1, 0.15) is 0 Å². The number of benzene rings is 2. The van der Waals surface area contributed by atoms with E-state index in [1.165, 1.54) is 5.56 Å². The first kappa shape index (κ1) is 18.0. The van der Waals surface area contributed by atoms with Crippen molar-refractivity contribution >= 4 is 35.5 Å². The standard InChI is InChI=1S/C20H21Cl2N3/c21-19(14-17-6-2-1-3-7-17)15-23-25-12-10-24(11-13-25)16-18-8-4-5-9-20(18)22/h1-9,14-15H,10-13,16H2/b19-14+,23-15+. The minimum atomic E-state index is 0.629. The molecule has 5 heteroatoms. The van der Waals surface area contributed by atoms with E-state index in [0.717, 1.165) is 43.3 Å². The highest BCUT2D eigenvalue weighted by Crippen LogP contribution is 2.18. The smallest absolute Gasteiger partial charge is 0.0657 e. The second-order valence-electron chi connectivity index (χ2n) is 6.01. The third-order valence-electron chi connectivity index (χ3n) is 4.15. The van der Waals surface area contributed by atoms with Crippen molar-refractivity contribution in [2.75, 3.05) is 26.2 Å². The minimum absolute atomic E-state index is 0.629. The fraction of sp³-hybridized carbons (Fsp3) is 0.250. The van der Waals surface area contributed by atoms with Gasteiger partial charge in [-0.3, -0.25) is 9.91 Å². The highest BCUT2D eigenvalue weighted by Gasteiger charge is 2.16. The molecule has 0 saturated carbocycles. The molecular formula is C20H21Cl2N3. The Morgan fingerprint density at radius 2 is 1.64 bits per heavy atom. The van der Waals surface area contributed by atoms with Crippen LogP contribution in [0.1, 0.15) is 11.1 Å². The van der Waals surface area contributed by atoms with Gasteiger partial charge in [-0.2, -0.15) is 5.10 Å². The quantitative estimate of drug-likeness (QED) is 0.705. The molecule has 25 heavy (non-hydrogen) atoms. The van der Waals surface area contributed by atoms with Crippen molar-refractivity contribution in [1.29, 1.82) is 0 Å². The van der Waals surface area contributed by atoms with Crippen LogP contribution in [-0.4, -0.2) is 42.3 Å². The van der Waals surface area contributed by atoms with Crippen molar-refractivity contribution in [2.24, 2.45) is 5.10 Å². The summed E-state index contributed by atoms with van der Waals surface area (Å²) in [5.41, 5.74) is 2.25. The van der Waals surface area contributed by atoms with Gasteiger partial charge in [0.25, 0.3) is 0 Å². The number of hydrazone groups is 1. The Kier molecular flexibility index (Phi) is 6.51. The van der Waals surface area contributed by atoms with Crippen molar-refractivity contribution in [3.63, 3.8) is 0 Å². The first-order chi connectivity index (χ1) is 12.2. The molecule has 1 aliphatic rings. The summed E-state index contributed by atoms with van der Waals surface area (Å²) in [5.74, 6) is 0. The molecule has 2 aromatic rings. The molecule has 1 saturated heterocycles. The molecule has 0 aliphatic carbocycles. The van der Waals surface area contributed by atoms with Gasteiger partial charge in [0, 0.05) is 37.7 Å². The Morgan fingerprint density at radius 3 is 2.36 bits per heavy atom. The van der Waals surface area contributed by atoms with Gasteiger partial charge < -0.3 is 0 Å². The van der Waals surface area contributed by atoms with Gasteiger partial charge in [-0.05, 0) is 23.3 Å². The Labute approximate surface area is 159 Å². The third-order valence-corrected chi connectivity index (χ3v) is 4.72. The molecule has 0 aromatic heterocycles.